The quantitative estimate of drug-likeness (QED) is 0.161. The molecule has 1 N–H and O–H groups in total. The average Bonchev–Trinajstić information content (AvgIpc) is 3.56. The lowest BCUT2D eigenvalue weighted by Gasteiger charge is -2.44. The van der Waals surface area contributed by atoms with Crippen molar-refractivity contribution in [2.24, 2.45) is 11.8 Å². The number of piperidine rings is 4. The smallest absolute Gasteiger partial charge is 0.262 e. The lowest BCUT2D eigenvalue weighted by atomic mass is 9.77. The van der Waals surface area contributed by atoms with Gasteiger partial charge < -0.3 is 19.4 Å². The summed E-state index contributed by atoms with van der Waals surface area (Å²) in [4.78, 5) is 68.7. The van der Waals surface area contributed by atoms with Gasteiger partial charge in [-0.15, -0.1) is 0 Å². The van der Waals surface area contributed by atoms with Crippen molar-refractivity contribution in [2.75, 3.05) is 49.1 Å². The molecule has 0 saturated carbocycles. The molecule has 0 aliphatic carbocycles. The third-order valence-electron chi connectivity index (χ3n) is 14.6. The van der Waals surface area contributed by atoms with Crippen LogP contribution in [0.1, 0.15) is 114 Å². The second-order valence-corrected chi connectivity index (χ2v) is 19.1. The molecule has 1 aromatic heterocycles. The van der Waals surface area contributed by atoms with Crippen LogP contribution < -0.4 is 19.9 Å². The highest BCUT2D eigenvalue weighted by Gasteiger charge is 2.45. The lowest BCUT2D eigenvalue weighted by Crippen LogP contribution is -2.54. The number of nitriles is 1. The minimum atomic E-state index is -0.960. The second-order valence-electron chi connectivity index (χ2n) is 18.7. The normalized spacial score (nSPS) is 20.7. The number of hydrogen-bond donors (Lipinski definition) is 1. The first-order valence-corrected chi connectivity index (χ1v) is 23.1. The number of anilines is 2. The zero-order valence-electron chi connectivity index (χ0n) is 36.8. The summed E-state index contributed by atoms with van der Waals surface area (Å²) in [7, 11) is 0. The molecular weight excluding hydrogens is 828 g/mol. The van der Waals surface area contributed by atoms with Gasteiger partial charge in [-0.25, -0.2) is 9.97 Å². The molecule has 14 heteroatoms. The number of amides is 4. The molecule has 4 saturated heterocycles. The maximum atomic E-state index is 13.4. The Hall–Kier alpha value is -5.84. The molecule has 5 aliphatic heterocycles. The highest BCUT2D eigenvalue weighted by Crippen LogP contribution is 2.38. The van der Waals surface area contributed by atoms with Crippen molar-refractivity contribution in [3.05, 3.63) is 111 Å². The number of aryl methyl sites for hydroxylation is 1. The van der Waals surface area contributed by atoms with Gasteiger partial charge in [0.15, 0.2) is 0 Å². The minimum Gasteiger partial charge on any atom is -0.487 e. The highest BCUT2D eigenvalue weighted by atomic mass is 35.5. The van der Waals surface area contributed by atoms with Gasteiger partial charge in [-0.3, -0.25) is 29.4 Å². The van der Waals surface area contributed by atoms with E-state index in [1.54, 1.807) is 12.1 Å². The summed E-state index contributed by atoms with van der Waals surface area (Å²) in [6.07, 6.45) is 8.88. The van der Waals surface area contributed by atoms with Crippen LogP contribution in [0.15, 0.2) is 66.9 Å². The van der Waals surface area contributed by atoms with Crippen molar-refractivity contribution in [1.29, 1.82) is 5.26 Å². The molecule has 4 amide bonds. The van der Waals surface area contributed by atoms with Crippen molar-refractivity contribution in [1.82, 2.24) is 25.1 Å². The van der Waals surface area contributed by atoms with Gasteiger partial charge in [0, 0.05) is 61.0 Å². The number of imide groups is 2. The van der Waals surface area contributed by atoms with Gasteiger partial charge in [-0.1, -0.05) is 37.6 Å². The molecule has 13 nitrogen and oxygen atoms in total. The molecule has 1 atom stereocenters. The third kappa shape index (κ3) is 8.70. The molecular formula is C50H55ClN8O5. The molecule has 64 heavy (non-hydrogen) atoms. The van der Waals surface area contributed by atoms with Crippen LogP contribution in [0.4, 0.5) is 11.6 Å². The monoisotopic (exact) mass is 882 g/mol. The van der Waals surface area contributed by atoms with Crippen LogP contribution in [0.3, 0.4) is 0 Å². The molecule has 3 aromatic carbocycles. The van der Waals surface area contributed by atoms with Crippen LogP contribution in [0, 0.1) is 30.1 Å². The van der Waals surface area contributed by atoms with Crippen molar-refractivity contribution < 1.29 is 23.9 Å². The first kappa shape index (κ1) is 43.4. The topological polar surface area (TPSA) is 152 Å². The van der Waals surface area contributed by atoms with E-state index in [-0.39, 0.29) is 24.2 Å². The molecule has 4 aromatic rings. The van der Waals surface area contributed by atoms with E-state index < -0.39 is 23.8 Å². The Labute approximate surface area is 379 Å². The van der Waals surface area contributed by atoms with Crippen LogP contribution in [0.2, 0.25) is 5.02 Å². The number of nitrogens with one attached hydrogen (secondary N) is 1. The van der Waals surface area contributed by atoms with E-state index in [0.29, 0.717) is 46.2 Å². The summed E-state index contributed by atoms with van der Waals surface area (Å²) in [5.74, 6) is 1.03. The lowest BCUT2D eigenvalue weighted by molar-refractivity contribution is -0.136. The van der Waals surface area contributed by atoms with Gasteiger partial charge in [0.25, 0.3) is 11.8 Å². The number of ether oxygens (including phenoxy) is 1. The number of rotatable bonds is 10. The Morgan fingerprint density at radius 3 is 2.20 bits per heavy atom. The Kier molecular flexibility index (Phi) is 12.2. The molecule has 332 valence electrons. The highest BCUT2D eigenvalue weighted by molar-refractivity contribution is 6.30. The van der Waals surface area contributed by atoms with Crippen molar-refractivity contribution in [3.63, 3.8) is 0 Å². The Morgan fingerprint density at radius 1 is 0.797 bits per heavy atom. The third-order valence-corrected chi connectivity index (χ3v) is 14.8. The number of hydrogen-bond acceptors (Lipinski definition) is 11. The van der Waals surface area contributed by atoms with Gasteiger partial charge in [0.2, 0.25) is 17.8 Å². The largest absolute Gasteiger partial charge is 0.487 e. The molecule has 5 aliphatic rings. The number of fused-ring (bicyclic) bond motifs is 1. The number of likely N-dealkylation sites (tertiary alicyclic amines) is 1. The zero-order chi connectivity index (χ0) is 44.7. The van der Waals surface area contributed by atoms with Crippen molar-refractivity contribution in [2.45, 2.75) is 96.2 Å². The van der Waals surface area contributed by atoms with Gasteiger partial charge in [-0.2, -0.15) is 5.26 Å². The van der Waals surface area contributed by atoms with Crippen LogP contribution in [0.5, 0.6) is 5.75 Å². The Morgan fingerprint density at radius 2 is 1.50 bits per heavy atom. The SMILES string of the molecule is Cc1cc(C(C)(C)c2cc(Cl)cc(C#N)c2)ccc1OCc1ccnc(N2CCC(N3CCC(C4CCN(c5ccc6c(c5)C(=O)N(C5CCC(=O)NC5=O)C6=O)CC4)CC3)CC2)n1. The molecule has 4 fully saturated rings. The fourth-order valence-corrected chi connectivity index (χ4v) is 10.9. The summed E-state index contributed by atoms with van der Waals surface area (Å²) in [6.45, 7) is 12.6. The second kappa shape index (κ2) is 18.0. The van der Waals surface area contributed by atoms with Gasteiger partial charge >= 0.3 is 0 Å². The molecule has 6 heterocycles. The summed E-state index contributed by atoms with van der Waals surface area (Å²) in [6, 6.07) is 20.9. The van der Waals surface area contributed by atoms with Crippen LogP contribution in [0.25, 0.3) is 0 Å². The molecule has 0 spiro atoms. The van der Waals surface area contributed by atoms with Crippen LogP contribution in [-0.4, -0.2) is 94.7 Å². The minimum absolute atomic E-state index is 0.103. The zero-order valence-corrected chi connectivity index (χ0v) is 37.6. The van der Waals surface area contributed by atoms with Crippen LogP contribution >= 0.6 is 11.6 Å². The van der Waals surface area contributed by atoms with Gasteiger partial charge in [0.05, 0.1) is 28.5 Å². The molecule has 0 bridgehead atoms. The summed E-state index contributed by atoms with van der Waals surface area (Å²) < 4.78 is 6.29. The molecule has 1 unspecified atom stereocenters. The van der Waals surface area contributed by atoms with E-state index in [1.807, 2.05) is 49.5 Å². The van der Waals surface area contributed by atoms with Crippen LogP contribution in [-0.2, 0) is 21.6 Å². The summed E-state index contributed by atoms with van der Waals surface area (Å²) >= 11 is 6.34. The first-order valence-electron chi connectivity index (χ1n) is 22.7. The van der Waals surface area contributed by atoms with Gasteiger partial charge in [0.1, 0.15) is 18.4 Å². The van der Waals surface area contributed by atoms with E-state index >= 15 is 0 Å². The fraction of sp³-hybridized carbons (Fsp3) is 0.460. The number of carbonyl (C=O) groups excluding carboxylic acids is 4. The van der Waals surface area contributed by atoms with E-state index in [0.717, 1.165) is 110 Å². The predicted octanol–water partition coefficient (Wildman–Crippen LogP) is 7.21. The summed E-state index contributed by atoms with van der Waals surface area (Å²) in [5.41, 5.74) is 5.72. The standard InChI is InChI=1S/C50H55ClN8O5/c1-31-24-35(50(2,3)36-25-32(29-52)26-37(51)27-36)4-8-44(31)64-30-38-10-17-53-49(54-38)58-22-15-39(16-23-58)56-18-11-33(12-19-56)34-13-20-57(21-14-34)40-5-6-41-42(28-40)48(63)59(47(41)62)43-7-9-45(60)55-46(43)61/h4-6,8,10,17,24-28,33-34,39,43H,7,9,11-16,18-23,30H2,1-3H3,(H,55,60,61). The number of carbonyl (C=O) groups is 4. The number of nitrogens with zero attached hydrogens (tertiary/aromatic N) is 7. The molecule has 0 radical (unpaired) electrons. The first-order chi connectivity index (χ1) is 30.9. The summed E-state index contributed by atoms with van der Waals surface area (Å²) in [5, 5.41) is 12.3. The predicted molar refractivity (Wildman–Crippen MR) is 243 cm³/mol. The van der Waals surface area contributed by atoms with E-state index in [4.69, 9.17) is 21.3 Å². The number of benzene rings is 3. The Bertz CT molecular complexity index is 2520. The average molecular weight is 883 g/mol. The van der Waals surface area contributed by atoms with Crippen molar-refractivity contribution in [3.8, 4) is 11.8 Å². The van der Waals surface area contributed by atoms with Gasteiger partial charge in [-0.05, 0) is 142 Å². The Balaban J connectivity index is 0.722. The number of halogens is 1. The maximum absolute atomic E-state index is 13.4. The van der Waals surface area contributed by atoms with Crippen molar-refractivity contribution >= 4 is 46.9 Å². The van der Waals surface area contributed by atoms with E-state index in [9.17, 15) is 24.4 Å². The number of aromatic nitrogens is 2. The van der Waals surface area contributed by atoms with E-state index in [1.165, 1.54) is 12.8 Å². The maximum Gasteiger partial charge on any atom is 0.262 e. The molecule has 9 rings (SSSR count). The fourth-order valence-electron chi connectivity index (χ4n) is 10.6. The van der Waals surface area contributed by atoms with E-state index in [2.05, 4.69) is 57.0 Å².